The van der Waals surface area contributed by atoms with E-state index in [4.69, 9.17) is 0 Å². The van der Waals surface area contributed by atoms with Crippen LogP contribution in [0.25, 0.3) is 10.9 Å². The molecule has 1 amide bonds. The van der Waals surface area contributed by atoms with Crippen molar-refractivity contribution in [2.24, 2.45) is 0 Å². The number of benzene rings is 2. The normalized spacial score (nSPS) is 15.1. The van der Waals surface area contributed by atoms with Gasteiger partial charge in [0, 0.05) is 23.6 Å². The first-order chi connectivity index (χ1) is 13.5. The third-order valence-corrected chi connectivity index (χ3v) is 6.09. The van der Waals surface area contributed by atoms with Crippen LogP contribution in [0.15, 0.2) is 62.6 Å². The van der Waals surface area contributed by atoms with Gasteiger partial charge < -0.3 is 9.88 Å². The van der Waals surface area contributed by atoms with E-state index in [0.717, 1.165) is 10.0 Å². The van der Waals surface area contributed by atoms with Crippen LogP contribution in [0.2, 0.25) is 0 Å². The SMILES string of the molecule is O=C(Cc1ccccc1Br)N1CCC(n2c(=O)[nH]c3ccccc3c2=O)CC1. The van der Waals surface area contributed by atoms with Crippen LogP contribution in [-0.4, -0.2) is 33.4 Å². The van der Waals surface area contributed by atoms with E-state index >= 15 is 0 Å². The van der Waals surface area contributed by atoms with Gasteiger partial charge in [-0.05, 0) is 36.6 Å². The number of hydrogen-bond acceptors (Lipinski definition) is 3. The van der Waals surface area contributed by atoms with Crippen molar-refractivity contribution in [3.8, 4) is 0 Å². The lowest BCUT2D eigenvalue weighted by Gasteiger charge is -2.32. The fraction of sp³-hybridized carbons (Fsp3) is 0.286. The molecule has 1 saturated heterocycles. The van der Waals surface area contributed by atoms with Crippen LogP contribution in [0.1, 0.15) is 24.4 Å². The Bertz CT molecular complexity index is 1140. The quantitative estimate of drug-likeness (QED) is 0.678. The largest absolute Gasteiger partial charge is 0.342 e. The molecule has 0 radical (unpaired) electrons. The highest BCUT2D eigenvalue weighted by atomic mass is 79.9. The molecular weight excluding hydrogens is 422 g/mol. The van der Waals surface area contributed by atoms with E-state index in [-0.39, 0.29) is 23.2 Å². The summed E-state index contributed by atoms with van der Waals surface area (Å²) in [4.78, 5) is 42.5. The Balaban J connectivity index is 1.50. The number of amides is 1. The number of fused-ring (bicyclic) bond motifs is 1. The zero-order chi connectivity index (χ0) is 19.7. The van der Waals surface area contributed by atoms with Crippen molar-refractivity contribution in [2.45, 2.75) is 25.3 Å². The number of aromatic amines is 1. The average molecular weight is 442 g/mol. The molecule has 2 heterocycles. The van der Waals surface area contributed by atoms with Crippen molar-refractivity contribution in [1.82, 2.24) is 14.5 Å². The molecule has 4 rings (SSSR count). The van der Waals surface area contributed by atoms with Gasteiger partial charge in [-0.25, -0.2) is 4.79 Å². The fourth-order valence-electron chi connectivity index (χ4n) is 3.80. The minimum atomic E-state index is -0.387. The Morgan fingerprint density at radius 3 is 2.46 bits per heavy atom. The second kappa shape index (κ2) is 7.75. The maximum Gasteiger partial charge on any atom is 0.329 e. The van der Waals surface area contributed by atoms with E-state index in [1.165, 1.54) is 4.57 Å². The maximum atomic E-state index is 12.8. The van der Waals surface area contributed by atoms with E-state index < -0.39 is 0 Å². The Hall–Kier alpha value is -2.67. The molecule has 28 heavy (non-hydrogen) atoms. The Morgan fingerprint density at radius 1 is 1.04 bits per heavy atom. The maximum absolute atomic E-state index is 12.8. The summed E-state index contributed by atoms with van der Waals surface area (Å²) in [5, 5.41) is 0.509. The number of rotatable bonds is 3. The number of halogens is 1. The summed E-state index contributed by atoms with van der Waals surface area (Å²) in [6.07, 6.45) is 1.51. The molecule has 1 fully saturated rings. The highest BCUT2D eigenvalue weighted by Gasteiger charge is 2.26. The molecule has 144 valence electrons. The number of nitrogens with one attached hydrogen (secondary N) is 1. The summed E-state index contributed by atoms with van der Waals surface area (Å²) in [5.74, 6) is 0.0603. The smallest absolute Gasteiger partial charge is 0.329 e. The van der Waals surface area contributed by atoms with Gasteiger partial charge in [-0.15, -0.1) is 0 Å². The van der Waals surface area contributed by atoms with Crippen molar-refractivity contribution in [3.63, 3.8) is 0 Å². The molecular formula is C21H20BrN3O3. The van der Waals surface area contributed by atoms with E-state index in [0.29, 0.717) is 43.3 Å². The third-order valence-electron chi connectivity index (χ3n) is 5.32. The van der Waals surface area contributed by atoms with Crippen LogP contribution >= 0.6 is 15.9 Å². The summed E-state index contributed by atoms with van der Waals surface area (Å²) in [6, 6.07) is 14.5. The minimum Gasteiger partial charge on any atom is -0.342 e. The van der Waals surface area contributed by atoms with Gasteiger partial charge in [0.2, 0.25) is 5.91 Å². The van der Waals surface area contributed by atoms with E-state index in [9.17, 15) is 14.4 Å². The molecule has 3 aromatic rings. The first kappa shape index (κ1) is 18.7. The third kappa shape index (κ3) is 3.54. The number of carbonyl (C=O) groups excluding carboxylic acids is 1. The molecule has 2 aromatic carbocycles. The summed E-state index contributed by atoms with van der Waals surface area (Å²) < 4.78 is 2.24. The fourth-order valence-corrected chi connectivity index (χ4v) is 4.22. The van der Waals surface area contributed by atoms with Crippen LogP contribution < -0.4 is 11.2 Å². The van der Waals surface area contributed by atoms with Gasteiger partial charge in [0.25, 0.3) is 5.56 Å². The Morgan fingerprint density at radius 2 is 1.71 bits per heavy atom. The van der Waals surface area contributed by atoms with Crippen LogP contribution in [0.5, 0.6) is 0 Å². The molecule has 6 nitrogen and oxygen atoms in total. The van der Waals surface area contributed by atoms with Crippen molar-refractivity contribution < 1.29 is 4.79 Å². The molecule has 0 spiro atoms. The average Bonchev–Trinajstić information content (AvgIpc) is 2.70. The molecule has 0 bridgehead atoms. The van der Waals surface area contributed by atoms with E-state index in [1.807, 2.05) is 29.2 Å². The van der Waals surface area contributed by atoms with Crippen molar-refractivity contribution in [3.05, 3.63) is 79.4 Å². The predicted molar refractivity (Wildman–Crippen MR) is 112 cm³/mol. The summed E-state index contributed by atoms with van der Waals surface area (Å²) in [6.45, 7) is 1.07. The van der Waals surface area contributed by atoms with Crippen LogP contribution in [-0.2, 0) is 11.2 Å². The van der Waals surface area contributed by atoms with Gasteiger partial charge in [-0.3, -0.25) is 14.2 Å². The molecule has 0 aliphatic carbocycles. The first-order valence-corrected chi connectivity index (χ1v) is 10.1. The predicted octanol–water partition coefficient (Wildman–Crippen LogP) is 2.86. The second-order valence-electron chi connectivity index (χ2n) is 7.03. The van der Waals surface area contributed by atoms with E-state index in [1.54, 1.807) is 24.3 Å². The van der Waals surface area contributed by atoms with Gasteiger partial charge in [-0.2, -0.15) is 0 Å². The Kier molecular flexibility index (Phi) is 5.17. The molecule has 0 unspecified atom stereocenters. The number of H-pyrrole nitrogens is 1. The zero-order valence-corrected chi connectivity index (χ0v) is 16.8. The molecule has 1 aromatic heterocycles. The standard InChI is InChI=1S/C21H20BrN3O3/c22-17-7-3-1-5-14(17)13-19(26)24-11-9-15(10-12-24)25-20(27)16-6-2-4-8-18(16)23-21(25)28/h1-8,15H,9-13H2,(H,23,28). The van der Waals surface area contributed by atoms with Crippen molar-refractivity contribution >= 4 is 32.7 Å². The second-order valence-corrected chi connectivity index (χ2v) is 7.89. The van der Waals surface area contributed by atoms with Crippen LogP contribution in [0.3, 0.4) is 0 Å². The Labute approximate surface area is 169 Å². The molecule has 1 N–H and O–H groups in total. The minimum absolute atomic E-state index is 0.0603. The first-order valence-electron chi connectivity index (χ1n) is 9.29. The topological polar surface area (TPSA) is 75.2 Å². The lowest BCUT2D eigenvalue weighted by molar-refractivity contribution is -0.131. The number of hydrogen-bond donors (Lipinski definition) is 1. The van der Waals surface area contributed by atoms with Gasteiger partial charge in [0.1, 0.15) is 0 Å². The number of carbonyl (C=O) groups is 1. The molecule has 1 aliphatic heterocycles. The highest BCUT2D eigenvalue weighted by Crippen LogP contribution is 2.22. The number of para-hydroxylation sites is 1. The summed E-state index contributed by atoms with van der Waals surface area (Å²) in [5.41, 5.74) is 0.852. The van der Waals surface area contributed by atoms with Crippen molar-refractivity contribution in [2.75, 3.05) is 13.1 Å². The monoisotopic (exact) mass is 441 g/mol. The lowest BCUT2D eigenvalue weighted by atomic mass is 10.0. The number of likely N-dealkylation sites (tertiary alicyclic amines) is 1. The van der Waals surface area contributed by atoms with Crippen LogP contribution in [0.4, 0.5) is 0 Å². The van der Waals surface area contributed by atoms with E-state index in [2.05, 4.69) is 20.9 Å². The number of piperidine rings is 1. The molecule has 0 saturated carbocycles. The summed E-state index contributed by atoms with van der Waals surface area (Å²) >= 11 is 3.48. The van der Waals surface area contributed by atoms with Crippen molar-refractivity contribution in [1.29, 1.82) is 0 Å². The molecule has 1 aliphatic rings. The zero-order valence-electron chi connectivity index (χ0n) is 15.2. The van der Waals surface area contributed by atoms with Gasteiger partial charge in [0.05, 0.1) is 17.3 Å². The highest BCUT2D eigenvalue weighted by molar-refractivity contribution is 9.10. The number of aromatic nitrogens is 2. The van der Waals surface area contributed by atoms with Gasteiger partial charge in [-0.1, -0.05) is 46.3 Å². The van der Waals surface area contributed by atoms with Gasteiger partial charge >= 0.3 is 5.69 Å². The van der Waals surface area contributed by atoms with Crippen LogP contribution in [0, 0.1) is 0 Å². The van der Waals surface area contributed by atoms with Gasteiger partial charge in [0.15, 0.2) is 0 Å². The molecule has 0 atom stereocenters. The lowest BCUT2D eigenvalue weighted by Crippen LogP contribution is -2.45. The molecule has 7 heteroatoms. The number of nitrogens with zero attached hydrogens (tertiary/aromatic N) is 2. The summed E-state index contributed by atoms with van der Waals surface area (Å²) in [7, 11) is 0.